The molecule has 0 bridgehead atoms. The van der Waals surface area contributed by atoms with Crippen LogP contribution in [-0.2, 0) is 14.2 Å². The van der Waals surface area contributed by atoms with Gasteiger partial charge in [0.05, 0.1) is 13.2 Å². The fraction of sp³-hybridized carbons (Fsp3) is 0.846. The third-order valence-electron chi connectivity index (χ3n) is 2.03. The van der Waals surface area contributed by atoms with Crippen molar-refractivity contribution in [1.29, 1.82) is 0 Å². The van der Waals surface area contributed by atoms with Crippen molar-refractivity contribution in [3.63, 3.8) is 0 Å². The Hall–Kier alpha value is -0.420. The minimum atomic E-state index is -0.0890. The molecule has 0 spiro atoms. The van der Waals surface area contributed by atoms with Crippen molar-refractivity contribution in [3.05, 3.63) is 12.2 Å². The lowest BCUT2D eigenvalue weighted by atomic mass is 10.4. The number of hydrogen-bond donors (Lipinski definition) is 1. The van der Waals surface area contributed by atoms with Crippen LogP contribution in [0.4, 0.5) is 0 Å². The van der Waals surface area contributed by atoms with Gasteiger partial charge in [0.2, 0.25) is 0 Å². The molecule has 0 aliphatic carbocycles. The topological polar surface area (TPSA) is 39.7 Å². The van der Waals surface area contributed by atoms with Gasteiger partial charge in [-0.1, -0.05) is 12.2 Å². The van der Waals surface area contributed by atoms with Crippen LogP contribution < -0.4 is 5.32 Å². The van der Waals surface area contributed by atoms with Gasteiger partial charge in [0.1, 0.15) is 0 Å². The van der Waals surface area contributed by atoms with Crippen LogP contribution in [0.5, 0.6) is 0 Å². The molecule has 0 aromatic heterocycles. The molecule has 102 valence electrons. The lowest BCUT2D eigenvalue weighted by Crippen LogP contribution is -2.27. The number of rotatable bonds is 12. The van der Waals surface area contributed by atoms with Gasteiger partial charge in [-0.2, -0.15) is 0 Å². The predicted molar refractivity (Wildman–Crippen MR) is 70.2 cm³/mol. The smallest absolute Gasteiger partial charge is 0.158 e. The second kappa shape index (κ2) is 12.0. The van der Waals surface area contributed by atoms with Crippen molar-refractivity contribution < 1.29 is 14.2 Å². The van der Waals surface area contributed by atoms with E-state index in [1.54, 1.807) is 0 Å². The monoisotopic (exact) mass is 245 g/mol. The Bertz CT molecular complexity index is 180. The minimum absolute atomic E-state index is 0.0890. The van der Waals surface area contributed by atoms with Crippen LogP contribution >= 0.6 is 0 Å². The summed E-state index contributed by atoms with van der Waals surface area (Å²) in [5, 5.41) is 3.29. The van der Waals surface area contributed by atoms with Crippen LogP contribution in [0.15, 0.2) is 12.2 Å². The van der Waals surface area contributed by atoms with Crippen LogP contribution in [0, 0.1) is 0 Å². The highest BCUT2D eigenvalue weighted by molar-refractivity contribution is 4.87. The van der Waals surface area contributed by atoms with E-state index in [9.17, 15) is 0 Å². The van der Waals surface area contributed by atoms with E-state index >= 15 is 0 Å². The van der Waals surface area contributed by atoms with Crippen molar-refractivity contribution >= 4 is 0 Å². The largest absolute Gasteiger partial charge is 0.376 e. The van der Waals surface area contributed by atoms with Gasteiger partial charge in [-0.15, -0.1) is 0 Å². The van der Waals surface area contributed by atoms with E-state index < -0.39 is 0 Å². The standard InChI is InChI=1S/C13H27NO3/c1-5-16-13(17-6-2)7-8-14-9-10-15-11-12(3)4/h13-14H,3,5-11H2,1-2,4H3. The van der Waals surface area contributed by atoms with Gasteiger partial charge in [0.15, 0.2) is 6.29 Å². The Kier molecular flexibility index (Phi) is 11.8. The first-order valence-electron chi connectivity index (χ1n) is 6.36. The Morgan fingerprint density at radius 2 is 1.82 bits per heavy atom. The average Bonchev–Trinajstić information content (AvgIpc) is 2.28. The molecule has 0 atom stereocenters. The van der Waals surface area contributed by atoms with E-state index in [1.165, 1.54) is 0 Å². The molecule has 0 aliphatic heterocycles. The quantitative estimate of drug-likeness (QED) is 0.324. The fourth-order valence-electron chi connectivity index (χ4n) is 1.32. The minimum Gasteiger partial charge on any atom is -0.376 e. The molecule has 1 N–H and O–H groups in total. The highest BCUT2D eigenvalue weighted by Crippen LogP contribution is 1.99. The molecule has 4 heteroatoms. The van der Waals surface area contributed by atoms with Crippen LogP contribution in [0.25, 0.3) is 0 Å². The first-order valence-corrected chi connectivity index (χ1v) is 6.36. The molecule has 0 saturated carbocycles. The lowest BCUT2D eigenvalue weighted by Gasteiger charge is -2.16. The molecule has 0 aromatic carbocycles. The fourth-order valence-corrected chi connectivity index (χ4v) is 1.32. The molecule has 0 rings (SSSR count). The third-order valence-corrected chi connectivity index (χ3v) is 2.03. The summed E-state index contributed by atoms with van der Waals surface area (Å²) in [6.07, 6.45) is 0.774. The van der Waals surface area contributed by atoms with E-state index in [1.807, 2.05) is 20.8 Å². The summed E-state index contributed by atoms with van der Waals surface area (Å²) >= 11 is 0. The Balaban J connectivity index is 3.32. The Morgan fingerprint density at radius 3 is 2.35 bits per heavy atom. The van der Waals surface area contributed by atoms with Gasteiger partial charge in [0, 0.05) is 32.7 Å². The molecule has 0 fully saturated rings. The summed E-state index contributed by atoms with van der Waals surface area (Å²) in [7, 11) is 0. The highest BCUT2D eigenvalue weighted by Gasteiger charge is 2.06. The van der Waals surface area contributed by atoms with Crippen LogP contribution in [-0.4, -0.2) is 45.8 Å². The summed E-state index contributed by atoms with van der Waals surface area (Å²) in [5.41, 5.74) is 1.05. The summed E-state index contributed by atoms with van der Waals surface area (Å²) < 4.78 is 16.2. The molecule has 0 saturated heterocycles. The Morgan fingerprint density at radius 1 is 1.18 bits per heavy atom. The summed E-state index contributed by atoms with van der Waals surface area (Å²) in [6.45, 7) is 14.1. The van der Waals surface area contributed by atoms with E-state index in [2.05, 4.69) is 11.9 Å². The van der Waals surface area contributed by atoms with Crippen molar-refractivity contribution in [1.82, 2.24) is 5.32 Å². The maximum absolute atomic E-state index is 5.44. The van der Waals surface area contributed by atoms with Crippen LogP contribution in [0.3, 0.4) is 0 Å². The van der Waals surface area contributed by atoms with E-state index in [0.717, 1.165) is 25.1 Å². The molecular formula is C13H27NO3. The summed E-state index contributed by atoms with van der Waals surface area (Å²) in [5.74, 6) is 0. The maximum atomic E-state index is 5.44. The molecule has 0 unspecified atom stereocenters. The molecule has 0 aromatic rings. The number of nitrogens with one attached hydrogen (secondary N) is 1. The highest BCUT2D eigenvalue weighted by atomic mass is 16.7. The van der Waals surface area contributed by atoms with Crippen molar-refractivity contribution in [2.45, 2.75) is 33.5 Å². The molecule has 0 heterocycles. The zero-order valence-electron chi connectivity index (χ0n) is 11.5. The maximum Gasteiger partial charge on any atom is 0.158 e. The Labute approximate surface area is 105 Å². The van der Waals surface area contributed by atoms with Crippen molar-refractivity contribution in [2.24, 2.45) is 0 Å². The van der Waals surface area contributed by atoms with Gasteiger partial charge >= 0.3 is 0 Å². The van der Waals surface area contributed by atoms with Crippen LogP contribution in [0.2, 0.25) is 0 Å². The molecule has 0 aliphatic rings. The van der Waals surface area contributed by atoms with E-state index in [0.29, 0.717) is 26.4 Å². The SMILES string of the molecule is C=C(C)COCCNCCC(OCC)OCC. The van der Waals surface area contributed by atoms with Gasteiger partial charge in [-0.25, -0.2) is 0 Å². The zero-order valence-corrected chi connectivity index (χ0v) is 11.5. The second-order valence-corrected chi connectivity index (χ2v) is 3.89. The normalized spacial score (nSPS) is 11.1. The van der Waals surface area contributed by atoms with E-state index in [4.69, 9.17) is 14.2 Å². The number of ether oxygens (including phenoxy) is 3. The van der Waals surface area contributed by atoms with Gasteiger partial charge in [-0.3, -0.25) is 0 Å². The zero-order chi connectivity index (χ0) is 12.9. The third kappa shape index (κ3) is 11.8. The van der Waals surface area contributed by atoms with E-state index in [-0.39, 0.29) is 6.29 Å². The molecule has 0 amide bonds. The summed E-state index contributed by atoms with van der Waals surface area (Å²) in [6, 6.07) is 0. The first-order chi connectivity index (χ1) is 8.20. The molecule has 17 heavy (non-hydrogen) atoms. The molecule has 4 nitrogen and oxygen atoms in total. The lowest BCUT2D eigenvalue weighted by molar-refractivity contribution is -0.138. The first kappa shape index (κ1) is 16.6. The molecule has 0 radical (unpaired) electrons. The van der Waals surface area contributed by atoms with Crippen molar-refractivity contribution in [3.8, 4) is 0 Å². The number of hydrogen-bond acceptors (Lipinski definition) is 4. The predicted octanol–water partition coefficient (Wildman–Crippen LogP) is 1.96. The average molecular weight is 245 g/mol. The second-order valence-electron chi connectivity index (χ2n) is 3.89. The molecular weight excluding hydrogens is 218 g/mol. The van der Waals surface area contributed by atoms with Crippen molar-refractivity contribution in [2.75, 3.05) is 39.5 Å². The van der Waals surface area contributed by atoms with Gasteiger partial charge in [-0.05, 0) is 20.8 Å². The van der Waals surface area contributed by atoms with Gasteiger partial charge < -0.3 is 19.5 Å². The van der Waals surface area contributed by atoms with Crippen LogP contribution in [0.1, 0.15) is 27.2 Å². The summed E-state index contributed by atoms with van der Waals surface area (Å²) in [4.78, 5) is 0. The van der Waals surface area contributed by atoms with Gasteiger partial charge in [0.25, 0.3) is 0 Å².